The highest BCUT2D eigenvalue weighted by Gasteiger charge is 2.38. The number of rotatable bonds is 4. The summed E-state index contributed by atoms with van der Waals surface area (Å²) in [4.78, 5) is 5.93. The lowest BCUT2D eigenvalue weighted by molar-refractivity contribution is -0.199. The average Bonchev–Trinajstić information content (AvgIpc) is 2.39. The van der Waals surface area contributed by atoms with Crippen molar-refractivity contribution < 1.29 is 9.57 Å². The Kier molecular flexibility index (Phi) is 4.45. The van der Waals surface area contributed by atoms with Gasteiger partial charge in [-0.1, -0.05) is 26.2 Å². The predicted molar refractivity (Wildman–Crippen MR) is 75.8 cm³/mol. The lowest BCUT2D eigenvalue weighted by Gasteiger charge is -2.45. The minimum atomic E-state index is 0.542. The van der Waals surface area contributed by atoms with Gasteiger partial charge in [0, 0.05) is 13.1 Å². The molecular formula is C16H29NO2. The van der Waals surface area contributed by atoms with E-state index in [0.717, 1.165) is 44.7 Å². The van der Waals surface area contributed by atoms with Crippen LogP contribution in [0.3, 0.4) is 0 Å². The van der Waals surface area contributed by atoms with Crippen LogP contribution in [0.4, 0.5) is 0 Å². The largest absolute Gasteiger partial charge is 0.379 e. The lowest BCUT2D eigenvalue weighted by atomic mass is 9.60. The second kappa shape index (κ2) is 6.11. The monoisotopic (exact) mass is 267 g/mol. The summed E-state index contributed by atoms with van der Waals surface area (Å²) in [5.74, 6) is 2.03. The second-order valence-electron chi connectivity index (χ2n) is 7.24. The van der Waals surface area contributed by atoms with Gasteiger partial charge in [0.15, 0.2) is 0 Å². The van der Waals surface area contributed by atoms with Gasteiger partial charge in [-0.25, -0.2) is 0 Å². The van der Waals surface area contributed by atoms with Crippen molar-refractivity contribution in [2.75, 3.05) is 32.9 Å². The van der Waals surface area contributed by atoms with Crippen LogP contribution in [0.1, 0.15) is 51.9 Å². The van der Waals surface area contributed by atoms with Gasteiger partial charge in [0.2, 0.25) is 0 Å². The van der Waals surface area contributed by atoms with E-state index in [1.807, 2.05) is 0 Å². The molecule has 0 aromatic heterocycles. The SMILES string of the molecule is CC1(CCON2CCOCC2)CC2CCCC(C2)C1. The number of ether oxygens (including phenoxy) is 1. The molecule has 1 heterocycles. The van der Waals surface area contributed by atoms with Crippen molar-refractivity contribution >= 4 is 0 Å². The van der Waals surface area contributed by atoms with Crippen LogP contribution in [0, 0.1) is 17.3 Å². The van der Waals surface area contributed by atoms with Crippen LogP contribution in [0.5, 0.6) is 0 Å². The molecule has 0 spiro atoms. The van der Waals surface area contributed by atoms with E-state index < -0.39 is 0 Å². The first-order valence-electron chi connectivity index (χ1n) is 8.19. The standard InChI is InChI=1S/C16H29NO2/c1-16(5-8-19-17-6-9-18-10-7-17)12-14-3-2-4-15(11-14)13-16/h14-15H,2-13H2,1H3. The fourth-order valence-corrected chi connectivity index (χ4v) is 4.55. The second-order valence-corrected chi connectivity index (χ2v) is 7.24. The minimum absolute atomic E-state index is 0.542. The van der Waals surface area contributed by atoms with Crippen molar-refractivity contribution in [2.45, 2.75) is 51.9 Å². The van der Waals surface area contributed by atoms with E-state index in [-0.39, 0.29) is 0 Å². The van der Waals surface area contributed by atoms with Crippen LogP contribution in [-0.2, 0) is 9.57 Å². The molecule has 2 aliphatic carbocycles. The maximum absolute atomic E-state index is 5.93. The first-order chi connectivity index (χ1) is 9.23. The molecule has 2 atom stereocenters. The minimum Gasteiger partial charge on any atom is -0.379 e. The molecule has 1 saturated heterocycles. The Hall–Kier alpha value is -0.120. The van der Waals surface area contributed by atoms with Gasteiger partial charge in [0.25, 0.3) is 0 Å². The van der Waals surface area contributed by atoms with E-state index in [4.69, 9.17) is 9.57 Å². The third-order valence-electron chi connectivity index (χ3n) is 5.40. The quantitative estimate of drug-likeness (QED) is 0.780. The molecule has 2 unspecified atom stereocenters. The summed E-state index contributed by atoms with van der Waals surface area (Å²) >= 11 is 0. The Balaban J connectivity index is 1.43. The zero-order valence-electron chi connectivity index (χ0n) is 12.4. The molecule has 0 amide bonds. The summed E-state index contributed by atoms with van der Waals surface area (Å²) in [7, 11) is 0. The van der Waals surface area contributed by atoms with Crippen LogP contribution in [0.25, 0.3) is 0 Å². The first kappa shape index (κ1) is 13.8. The molecule has 0 radical (unpaired) electrons. The summed E-state index contributed by atoms with van der Waals surface area (Å²) in [6.45, 7) is 6.91. The highest BCUT2D eigenvalue weighted by atomic mass is 16.7. The van der Waals surface area contributed by atoms with Crippen molar-refractivity contribution in [3.05, 3.63) is 0 Å². The van der Waals surface area contributed by atoms with E-state index in [9.17, 15) is 0 Å². The van der Waals surface area contributed by atoms with Crippen molar-refractivity contribution in [3.8, 4) is 0 Å². The summed E-state index contributed by atoms with van der Waals surface area (Å²) < 4.78 is 5.34. The number of hydrogen-bond acceptors (Lipinski definition) is 3. The lowest BCUT2D eigenvalue weighted by Crippen LogP contribution is -2.38. The fraction of sp³-hybridized carbons (Fsp3) is 1.00. The number of fused-ring (bicyclic) bond motifs is 2. The molecule has 3 heteroatoms. The van der Waals surface area contributed by atoms with Crippen molar-refractivity contribution in [1.29, 1.82) is 0 Å². The molecule has 0 aromatic carbocycles. The molecule has 0 N–H and O–H groups in total. The van der Waals surface area contributed by atoms with Gasteiger partial charge in [-0.05, 0) is 42.9 Å². The van der Waals surface area contributed by atoms with Gasteiger partial charge in [-0.15, -0.1) is 0 Å². The van der Waals surface area contributed by atoms with Crippen molar-refractivity contribution in [3.63, 3.8) is 0 Å². The summed E-state index contributed by atoms with van der Waals surface area (Å²) in [5, 5.41) is 2.09. The van der Waals surface area contributed by atoms with Crippen molar-refractivity contribution in [2.24, 2.45) is 17.3 Å². The van der Waals surface area contributed by atoms with Crippen LogP contribution in [-0.4, -0.2) is 38.0 Å². The van der Waals surface area contributed by atoms with E-state index in [2.05, 4.69) is 12.0 Å². The Morgan fingerprint density at radius 3 is 2.53 bits per heavy atom. The molecule has 110 valence electrons. The number of hydroxylamine groups is 2. The smallest absolute Gasteiger partial charge is 0.0690 e. The number of nitrogens with zero attached hydrogens (tertiary/aromatic N) is 1. The van der Waals surface area contributed by atoms with Crippen LogP contribution in [0.15, 0.2) is 0 Å². The van der Waals surface area contributed by atoms with Crippen LogP contribution < -0.4 is 0 Å². The normalized spacial score (nSPS) is 40.3. The summed E-state index contributed by atoms with van der Waals surface area (Å²) in [6.07, 6.45) is 10.1. The highest BCUT2D eigenvalue weighted by Crippen LogP contribution is 2.50. The Labute approximate surface area is 117 Å². The maximum atomic E-state index is 5.93. The highest BCUT2D eigenvalue weighted by molar-refractivity contribution is 4.89. The molecule has 2 bridgehead atoms. The zero-order chi connectivity index (χ0) is 13.1. The van der Waals surface area contributed by atoms with Gasteiger partial charge in [0.1, 0.15) is 0 Å². The molecule has 1 aliphatic heterocycles. The van der Waals surface area contributed by atoms with Gasteiger partial charge < -0.3 is 4.74 Å². The third kappa shape index (κ3) is 3.71. The molecule has 0 aromatic rings. The predicted octanol–water partition coefficient (Wildman–Crippen LogP) is 3.25. The Morgan fingerprint density at radius 2 is 1.84 bits per heavy atom. The summed E-state index contributed by atoms with van der Waals surface area (Å²) in [6, 6.07) is 0. The van der Waals surface area contributed by atoms with E-state index in [0.29, 0.717) is 5.41 Å². The van der Waals surface area contributed by atoms with Gasteiger partial charge in [-0.2, -0.15) is 5.06 Å². The fourth-order valence-electron chi connectivity index (χ4n) is 4.55. The van der Waals surface area contributed by atoms with Crippen LogP contribution in [0.2, 0.25) is 0 Å². The number of hydrogen-bond donors (Lipinski definition) is 0. The molecule has 3 nitrogen and oxygen atoms in total. The van der Waals surface area contributed by atoms with Crippen LogP contribution >= 0.6 is 0 Å². The zero-order valence-corrected chi connectivity index (χ0v) is 12.4. The maximum Gasteiger partial charge on any atom is 0.0690 e. The Bertz CT molecular complexity index is 276. The average molecular weight is 267 g/mol. The molecule has 3 fully saturated rings. The summed E-state index contributed by atoms with van der Waals surface area (Å²) in [5.41, 5.74) is 0.542. The van der Waals surface area contributed by atoms with Crippen molar-refractivity contribution in [1.82, 2.24) is 5.06 Å². The van der Waals surface area contributed by atoms with Gasteiger partial charge >= 0.3 is 0 Å². The van der Waals surface area contributed by atoms with Gasteiger partial charge in [0.05, 0.1) is 19.8 Å². The molecule has 3 rings (SSSR count). The molecule has 3 aliphatic rings. The first-order valence-corrected chi connectivity index (χ1v) is 8.19. The van der Waals surface area contributed by atoms with E-state index in [1.165, 1.54) is 44.9 Å². The Morgan fingerprint density at radius 1 is 1.16 bits per heavy atom. The third-order valence-corrected chi connectivity index (χ3v) is 5.40. The molecule has 19 heavy (non-hydrogen) atoms. The van der Waals surface area contributed by atoms with E-state index in [1.54, 1.807) is 0 Å². The van der Waals surface area contributed by atoms with Gasteiger partial charge in [-0.3, -0.25) is 4.84 Å². The van der Waals surface area contributed by atoms with E-state index >= 15 is 0 Å². The molecular weight excluding hydrogens is 238 g/mol. The topological polar surface area (TPSA) is 21.7 Å². The molecule has 2 saturated carbocycles. The number of morpholine rings is 1.